The highest BCUT2D eigenvalue weighted by atomic mass is 35.5. The number of para-hydroxylation sites is 1. The second kappa shape index (κ2) is 6.54. The standard InChI is InChI=1S/C18H13ClN2O3S/c19-11-5-7-12(8-6-11)21-16(22)13-3-1-2-4-14(13)20-18(21)25-15-9-10-24-17(15)23/h1-8,15H,9-10H2/t15-/m0/s1. The maximum absolute atomic E-state index is 13.1. The van der Waals surface area contributed by atoms with Crippen molar-refractivity contribution in [3.05, 3.63) is 63.9 Å². The Balaban J connectivity index is 1.92. The fourth-order valence-corrected chi connectivity index (χ4v) is 3.92. The molecule has 0 radical (unpaired) electrons. The number of cyclic esters (lactones) is 1. The van der Waals surface area contributed by atoms with E-state index < -0.39 is 0 Å². The molecule has 0 bridgehead atoms. The highest BCUT2D eigenvalue weighted by Gasteiger charge is 2.29. The van der Waals surface area contributed by atoms with Crippen LogP contribution in [0.1, 0.15) is 6.42 Å². The van der Waals surface area contributed by atoms with Crippen LogP contribution >= 0.6 is 23.4 Å². The van der Waals surface area contributed by atoms with Crippen LogP contribution in [-0.4, -0.2) is 27.4 Å². The highest BCUT2D eigenvalue weighted by molar-refractivity contribution is 8.00. The predicted octanol–water partition coefficient (Wildman–Crippen LogP) is 3.45. The van der Waals surface area contributed by atoms with E-state index in [0.29, 0.717) is 39.8 Å². The van der Waals surface area contributed by atoms with Crippen LogP contribution in [0.5, 0.6) is 0 Å². The molecule has 25 heavy (non-hydrogen) atoms. The van der Waals surface area contributed by atoms with Gasteiger partial charge in [0.2, 0.25) is 0 Å². The van der Waals surface area contributed by atoms with Crippen molar-refractivity contribution in [2.75, 3.05) is 6.61 Å². The molecule has 126 valence electrons. The number of halogens is 1. The van der Waals surface area contributed by atoms with Gasteiger partial charge in [-0.05, 0) is 36.4 Å². The Labute approximate surface area is 152 Å². The third kappa shape index (κ3) is 3.03. The van der Waals surface area contributed by atoms with Crippen LogP contribution in [0.3, 0.4) is 0 Å². The summed E-state index contributed by atoms with van der Waals surface area (Å²) in [5, 5.41) is 1.22. The number of benzene rings is 2. The van der Waals surface area contributed by atoms with Crippen LogP contribution in [0, 0.1) is 0 Å². The van der Waals surface area contributed by atoms with Gasteiger partial charge in [-0.15, -0.1) is 0 Å². The average Bonchev–Trinajstić information content (AvgIpc) is 3.01. The van der Waals surface area contributed by atoms with Crippen molar-refractivity contribution < 1.29 is 9.53 Å². The van der Waals surface area contributed by atoms with Gasteiger partial charge >= 0.3 is 5.97 Å². The molecule has 4 rings (SSSR count). The van der Waals surface area contributed by atoms with Crippen molar-refractivity contribution in [1.29, 1.82) is 0 Å². The smallest absolute Gasteiger partial charge is 0.319 e. The van der Waals surface area contributed by atoms with Crippen molar-refractivity contribution in [1.82, 2.24) is 9.55 Å². The molecule has 1 saturated heterocycles. The molecular formula is C18H13ClN2O3S. The number of hydrogen-bond acceptors (Lipinski definition) is 5. The van der Waals surface area contributed by atoms with E-state index in [4.69, 9.17) is 16.3 Å². The SMILES string of the molecule is O=C1OCC[C@@H]1Sc1nc2ccccc2c(=O)n1-c1ccc(Cl)cc1. The van der Waals surface area contributed by atoms with Gasteiger partial charge in [0.25, 0.3) is 5.56 Å². The second-order valence-corrected chi connectivity index (χ2v) is 7.20. The van der Waals surface area contributed by atoms with Gasteiger partial charge in [0, 0.05) is 11.4 Å². The number of fused-ring (bicyclic) bond motifs is 1. The summed E-state index contributed by atoms with van der Waals surface area (Å²) < 4.78 is 6.55. The van der Waals surface area contributed by atoms with E-state index in [2.05, 4.69) is 4.98 Å². The molecule has 0 spiro atoms. The van der Waals surface area contributed by atoms with Crippen LogP contribution in [0.25, 0.3) is 16.6 Å². The average molecular weight is 373 g/mol. The van der Waals surface area contributed by atoms with Gasteiger partial charge in [0.15, 0.2) is 5.16 Å². The minimum atomic E-state index is -0.355. The van der Waals surface area contributed by atoms with E-state index in [-0.39, 0.29) is 16.8 Å². The molecular weight excluding hydrogens is 360 g/mol. The molecule has 0 N–H and O–H groups in total. The van der Waals surface area contributed by atoms with E-state index in [9.17, 15) is 9.59 Å². The van der Waals surface area contributed by atoms with Gasteiger partial charge in [-0.25, -0.2) is 4.98 Å². The summed E-state index contributed by atoms with van der Waals surface area (Å²) in [7, 11) is 0. The van der Waals surface area contributed by atoms with E-state index in [1.54, 1.807) is 42.5 Å². The highest BCUT2D eigenvalue weighted by Crippen LogP contribution is 2.30. The van der Waals surface area contributed by atoms with Gasteiger partial charge in [-0.1, -0.05) is 35.5 Å². The first kappa shape index (κ1) is 16.2. The molecule has 0 unspecified atom stereocenters. The Hall–Kier alpha value is -2.31. The van der Waals surface area contributed by atoms with Gasteiger partial charge in [0.1, 0.15) is 5.25 Å². The molecule has 0 saturated carbocycles. The number of nitrogens with zero attached hydrogens (tertiary/aromatic N) is 2. The molecule has 1 aliphatic heterocycles. The van der Waals surface area contributed by atoms with Crippen molar-refractivity contribution in [3.63, 3.8) is 0 Å². The number of thioether (sulfide) groups is 1. The molecule has 2 heterocycles. The third-order valence-electron chi connectivity index (χ3n) is 3.96. The number of hydrogen-bond donors (Lipinski definition) is 0. The molecule has 2 aromatic carbocycles. The van der Waals surface area contributed by atoms with Gasteiger partial charge in [0.05, 0.1) is 23.2 Å². The summed E-state index contributed by atoms with van der Waals surface area (Å²) >= 11 is 7.22. The van der Waals surface area contributed by atoms with Crippen LogP contribution in [0.2, 0.25) is 5.02 Å². The fourth-order valence-electron chi connectivity index (χ4n) is 2.72. The second-order valence-electron chi connectivity index (χ2n) is 5.59. The molecule has 1 fully saturated rings. The van der Waals surface area contributed by atoms with Crippen LogP contribution < -0.4 is 5.56 Å². The lowest BCUT2D eigenvalue weighted by atomic mass is 10.2. The van der Waals surface area contributed by atoms with Crippen LogP contribution in [-0.2, 0) is 9.53 Å². The Morgan fingerprint density at radius 1 is 1.12 bits per heavy atom. The topological polar surface area (TPSA) is 61.2 Å². The first-order valence-corrected chi connectivity index (χ1v) is 9.00. The third-order valence-corrected chi connectivity index (χ3v) is 5.41. The zero-order chi connectivity index (χ0) is 17.4. The van der Waals surface area contributed by atoms with Crippen LogP contribution in [0.4, 0.5) is 0 Å². The molecule has 1 aromatic heterocycles. The first-order valence-electron chi connectivity index (χ1n) is 7.74. The Kier molecular flexibility index (Phi) is 4.23. The largest absolute Gasteiger partial charge is 0.465 e. The molecule has 7 heteroatoms. The first-order chi connectivity index (χ1) is 12.1. The number of ether oxygens (including phenoxy) is 1. The summed E-state index contributed by atoms with van der Waals surface area (Å²) in [4.78, 5) is 29.5. The number of rotatable bonds is 3. The zero-order valence-electron chi connectivity index (χ0n) is 13.0. The van der Waals surface area contributed by atoms with Gasteiger partial charge in [-0.2, -0.15) is 0 Å². The molecule has 5 nitrogen and oxygen atoms in total. The summed E-state index contributed by atoms with van der Waals surface area (Å²) in [6.45, 7) is 0.398. The van der Waals surface area contributed by atoms with Gasteiger partial charge in [-0.3, -0.25) is 14.2 Å². The Morgan fingerprint density at radius 2 is 1.88 bits per heavy atom. The molecule has 0 amide bonds. The van der Waals surface area contributed by atoms with Crippen LogP contribution in [0.15, 0.2) is 58.5 Å². The molecule has 1 atom stereocenters. The van der Waals surface area contributed by atoms with Crippen molar-refractivity contribution >= 4 is 40.2 Å². The molecule has 3 aromatic rings. The van der Waals surface area contributed by atoms with E-state index >= 15 is 0 Å². The van der Waals surface area contributed by atoms with Crippen molar-refractivity contribution in [2.45, 2.75) is 16.8 Å². The maximum atomic E-state index is 13.1. The monoisotopic (exact) mass is 372 g/mol. The zero-order valence-corrected chi connectivity index (χ0v) is 14.6. The van der Waals surface area contributed by atoms with E-state index in [0.717, 1.165) is 0 Å². The summed E-state index contributed by atoms with van der Waals surface area (Å²) in [6.07, 6.45) is 0.604. The van der Waals surface area contributed by atoms with Crippen molar-refractivity contribution in [2.24, 2.45) is 0 Å². The quantitative estimate of drug-likeness (QED) is 0.520. The van der Waals surface area contributed by atoms with E-state index in [1.165, 1.54) is 16.3 Å². The van der Waals surface area contributed by atoms with E-state index in [1.807, 2.05) is 6.07 Å². The minimum absolute atomic E-state index is 0.179. The van der Waals surface area contributed by atoms with Crippen molar-refractivity contribution in [3.8, 4) is 5.69 Å². The molecule has 1 aliphatic rings. The summed E-state index contributed by atoms with van der Waals surface area (Å²) in [6, 6.07) is 14.1. The predicted molar refractivity (Wildman–Crippen MR) is 97.6 cm³/mol. The summed E-state index contributed by atoms with van der Waals surface area (Å²) in [5.41, 5.74) is 1.08. The Bertz CT molecular complexity index is 1020. The number of carbonyl (C=O) groups excluding carboxylic acids is 1. The Morgan fingerprint density at radius 3 is 2.60 bits per heavy atom. The lowest BCUT2D eigenvalue weighted by Gasteiger charge is -2.14. The maximum Gasteiger partial charge on any atom is 0.319 e. The normalized spacial score (nSPS) is 17.0. The lowest BCUT2D eigenvalue weighted by molar-refractivity contribution is -0.137. The minimum Gasteiger partial charge on any atom is -0.465 e. The number of aromatic nitrogens is 2. The number of carbonyl (C=O) groups is 1. The lowest BCUT2D eigenvalue weighted by Crippen LogP contribution is -2.23. The van der Waals surface area contributed by atoms with Gasteiger partial charge < -0.3 is 4.74 Å². The number of esters is 1. The fraction of sp³-hybridized carbons (Fsp3) is 0.167. The molecule has 0 aliphatic carbocycles. The summed E-state index contributed by atoms with van der Waals surface area (Å²) in [5.74, 6) is -0.268.